The van der Waals surface area contributed by atoms with Crippen molar-refractivity contribution in [1.29, 1.82) is 0 Å². The molecule has 0 bridgehead atoms. The zero-order valence-corrected chi connectivity index (χ0v) is 13.2. The smallest absolute Gasteiger partial charge is 0.223 e. The Morgan fingerprint density at radius 2 is 1.71 bits per heavy atom. The fraction of sp³-hybridized carbons (Fsp3) is 0.733. The Labute approximate surface area is 126 Å². The molecule has 1 aromatic rings. The van der Waals surface area contributed by atoms with Crippen LogP contribution in [0.5, 0.6) is 0 Å². The standard InChI is InChI=1S/C15H26N6/c1-9(2)4-12-13(16)18-15(17)19-14(12)21-7-10-5-20(3)6-11(10)8-21/h9-11H,4-8H2,1-3H3,(H4,16,17,18,19)/t10-,11+. The second kappa shape index (κ2) is 5.33. The van der Waals surface area contributed by atoms with Gasteiger partial charge < -0.3 is 21.3 Å². The van der Waals surface area contributed by atoms with Gasteiger partial charge in [0.15, 0.2) is 0 Å². The van der Waals surface area contributed by atoms with E-state index in [1.54, 1.807) is 0 Å². The Balaban J connectivity index is 1.88. The summed E-state index contributed by atoms with van der Waals surface area (Å²) in [5, 5.41) is 0. The van der Waals surface area contributed by atoms with E-state index in [9.17, 15) is 0 Å². The van der Waals surface area contributed by atoms with Crippen molar-refractivity contribution in [2.45, 2.75) is 20.3 Å². The SMILES string of the molecule is CC(C)Cc1c(N)nc(N)nc1N1C[C@H]2CN(C)C[C@H]2C1. The van der Waals surface area contributed by atoms with Crippen LogP contribution in [0.3, 0.4) is 0 Å². The van der Waals surface area contributed by atoms with Crippen molar-refractivity contribution in [3.8, 4) is 0 Å². The van der Waals surface area contributed by atoms with Crippen LogP contribution < -0.4 is 16.4 Å². The molecule has 3 rings (SSSR count). The van der Waals surface area contributed by atoms with Gasteiger partial charge in [-0.05, 0) is 31.2 Å². The van der Waals surface area contributed by atoms with Crippen LogP contribution in [0.1, 0.15) is 19.4 Å². The fourth-order valence-electron chi connectivity index (χ4n) is 3.77. The van der Waals surface area contributed by atoms with Crippen LogP contribution in [0.15, 0.2) is 0 Å². The van der Waals surface area contributed by atoms with E-state index in [4.69, 9.17) is 11.5 Å². The van der Waals surface area contributed by atoms with Crippen LogP contribution in [-0.2, 0) is 6.42 Å². The average molecular weight is 290 g/mol. The Bertz CT molecular complexity index is 515. The maximum absolute atomic E-state index is 6.11. The quantitative estimate of drug-likeness (QED) is 0.858. The number of hydrogen-bond acceptors (Lipinski definition) is 6. The summed E-state index contributed by atoms with van der Waals surface area (Å²) < 4.78 is 0. The predicted molar refractivity (Wildman–Crippen MR) is 86.1 cm³/mol. The molecule has 2 aliphatic heterocycles. The Hall–Kier alpha value is -1.56. The van der Waals surface area contributed by atoms with Crippen molar-refractivity contribution in [2.75, 3.05) is 49.6 Å². The number of nitrogens with zero attached hydrogens (tertiary/aromatic N) is 4. The van der Waals surface area contributed by atoms with Gasteiger partial charge in [0.05, 0.1) is 0 Å². The summed E-state index contributed by atoms with van der Waals surface area (Å²) in [6, 6.07) is 0. The van der Waals surface area contributed by atoms with Gasteiger partial charge in [0.2, 0.25) is 5.95 Å². The molecule has 0 saturated carbocycles. The molecule has 0 amide bonds. The third-order valence-electron chi connectivity index (χ3n) is 4.62. The van der Waals surface area contributed by atoms with Gasteiger partial charge >= 0.3 is 0 Å². The van der Waals surface area contributed by atoms with Gasteiger partial charge in [-0.1, -0.05) is 13.8 Å². The predicted octanol–water partition coefficient (Wildman–Crippen LogP) is 0.837. The number of hydrogen-bond donors (Lipinski definition) is 2. The normalized spacial score (nSPS) is 25.8. The van der Waals surface area contributed by atoms with Crippen LogP contribution in [0, 0.1) is 17.8 Å². The van der Waals surface area contributed by atoms with Gasteiger partial charge in [0.25, 0.3) is 0 Å². The number of nitrogen functional groups attached to an aromatic ring is 2. The molecule has 0 aromatic carbocycles. The monoisotopic (exact) mass is 290 g/mol. The summed E-state index contributed by atoms with van der Waals surface area (Å²) in [7, 11) is 2.20. The van der Waals surface area contributed by atoms with Crippen molar-refractivity contribution in [1.82, 2.24) is 14.9 Å². The molecular formula is C15H26N6. The summed E-state index contributed by atoms with van der Waals surface area (Å²) in [4.78, 5) is 13.5. The minimum atomic E-state index is 0.282. The second-order valence-corrected chi connectivity index (χ2v) is 7.01. The molecule has 6 nitrogen and oxygen atoms in total. The Morgan fingerprint density at radius 3 is 2.29 bits per heavy atom. The van der Waals surface area contributed by atoms with Gasteiger partial charge in [-0.3, -0.25) is 0 Å². The summed E-state index contributed by atoms with van der Waals surface area (Å²) in [6.07, 6.45) is 0.896. The number of aromatic nitrogens is 2. The molecular weight excluding hydrogens is 264 g/mol. The molecule has 0 unspecified atom stereocenters. The lowest BCUT2D eigenvalue weighted by Crippen LogP contribution is -2.29. The van der Waals surface area contributed by atoms with E-state index in [1.807, 2.05) is 0 Å². The molecule has 116 valence electrons. The number of fused-ring (bicyclic) bond motifs is 1. The van der Waals surface area contributed by atoms with Crippen molar-refractivity contribution >= 4 is 17.6 Å². The number of rotatable bonds is 3. The van der Waals surface area contributed by atoms with Gasteiger partial charge in [0, 0.05) is 31.7 Å². The van der Waals surface area contributed by atoms with Crippen LogP contribution in [0.2, 0.25) is 0 Å². The van der Waals surface area contributed by atoms with Crippen LogP contribution >= 0.6 is 0 Å². The van der Waals surface area contributed by atoms with Crippen LogP contribution in [0.25, 0.3) is 0 Å². The zero-order chi connectivity index (χ0) is 15.1. The van der Waals surface area contributed by atoms with Crippen molar-refractivity contribution in [3.05, 3.63) is 5.56 Å². The first kappa shape index (κ1) is 14.4. The summed E-state index contributed by atoms with van der Waals surface area (Å²) in [6.45, 7) is 8.83. The van der Waals surface area contributed by atoms with E-state index >= 15 is 0 Å². The number of anilines is 3. The minimum absolute atomic E-state index is 0.282. The molecule has 3 heterocycles. The third kappa shape index (κ3) is 2.77. The first-order chi connectivity index (χ1) is 9.94. The lowest BCUT2D eigenvalue weighted by atomic mass is 10.0. The summed E-state index contributed by atoms with van der Waals surface area (Å²) in [5.74, 6) is 3.78. The summed E-state index contributed by atoms with van der Waals surface area (Å²) >= 11 is 0. The zero-order valence-electron chi connectivity index (χ0n) is 13.2. The third-order valence-corrected chi connectivity index (χ3v) is 4.62. The molecule has 0 radical (unpaired) electrons. The Morgan fingerprint density at radius 1 is 1.10 bits per heavy atom. The van der Waals surface area contributed by atoms with Crippen molar-refractivity contribution < 1.29 is 0 Å². The fourth-order valence-corrected chi connectivity index (χ4v) is 3.77. The summed E-state index contributed by atoms with van der Waals surface area (Å²) in [5.41, 5.74) is 13.0. The Kier molecular flexibility index (Phi) is 3.65. The highest BCUT2D eigenvalue weighted by molar-refractivity contribution is 5.60. The largest absolute Gasteiger partial charge is 0.383 e. The van der Waals surface area contributed by atoms with Crippen molar-refractivity contribution in [2.24, 2.45) is 17.8 Å². The first-order valence-electron chi connectivity index (χ1n) is 7.79. The molecule has 2 saturated heterocycles. The van der Waals surface area contributed by atoms with E-state index in [2.05, 4.69) is 40.7 Å². The maximum atomic E-state index is 6.11. The molecule has 2 fully saturated rings. The van der Waals surface area contributed by atoms with Crippen LogP contribution in [0.4, 0.5) is 17.6 Å². The molecule has 6 heteroatoms. The van der Waals surface area contributed by atoms with Gasteiger partial charge in [0.1, 0.15) is 11.6 Å². The van der Waals surface area contributed by atoms with E-state index in [0.717, 1.165) is 42.7 Å². The highest BCUT2D eigenvalue weighted by Gasteiger charge is 2.39. The molecule has 2 aliphatic rings. The number of nitrogens with two attached hydrogens (primary N) is 2. The topological polar surface area (TPSA) is 84.3 Å². The molecule has 21 heavy (non-hydrogen) atoms. The second-order valence-electron chi connectivity index (χ2n) is 7.01. The van der Waals surface area contributed by atoms with E-state index in [-0.39, 0.29) is 5.95 Å². The van der Waals surface area contributed by atoms with E-state index < -0.39 is 0 Å². The van der Waals surface area contributed by atoms with Gasteiger partial charge in [-0.25, -0.2) is 0 Å². The molecule has 0 spiro atoms. The lowest BCUT2D eigenvalue weighted by molar-refractivity contribution is 0.386. The maximum Gasteiger partial charge on any atom is 0.223 e. The van der Waals surface area contributed by atoms with Crippen LogP contribution in [-0.4, -0.2) is 48.1 Å². The average Bonchev–Trinajstić information content (AvgIpc) is 2.88. The highest BCUT2D eigenvalue weighted by Crippen LogP contribution is 2.35. The van der Waals surface area contributed by atoms with E-state index in [1.165, 1.54) is 13.1 Å². The number of likely N-dealkylation sites (tertiary alicyclic amines) is 1. The first-order valence-corrected chi connectivity index (χ1v) is 7.79. The molecule has 2 atom stereocenters. The van der Waals surface area contributed by atoms with Gasteiger partial charge in [-0.15, -0.1) is 0 Å². The molecule has 4 N–H and O–H groups in total. The molecule has 1 aromatic heterocycles. The minimum Gasteiger partial charge on any atom is -0.383 e. The van der Waals surface area contributed by atoms with Crippen molar-refractivity contribution in [3.63, 3.8) is 0 Å². The molecule has 0 aliphatic carbocycles. The lowest BCUT2D eigenvalue weighted by Gasteiger charge is -2.24. The highest BCUT2D eigenvalue weighted by atomic mass is 15.3. The van der Waals surface area contributed by atoms with Gasteiger partial charge in [-0.2, -0.15) is 9.97 Å². The van der Waals surface area contributed by atoms with E-state index in [0.29, 0.717) is 11.7 Å².